The number of carbonyl (C=O) groups excluding carboxylic acids is 1. The van der Waals surface area contributed by atoms with E-state index in [1.165, 1.54) is 17.7 Å². The predicted molar refractivity (Wildman–Crippen MR) is 156 cm³/mol. The molecule has 1 saturated carbocycles. The lowest BCUT2D eigenvalue weighted by atomic mass is 9.88. The summed E-state index contributed by atoms with van der Waals surface area (Å²) in [7, 11) is 0. The van der Waals surface area contributed by atoms with Gasteiger partial charge in [0, 0.05) is 38.3 Å². The second-order valence-corrected chi connectivity index (χ2v) is 12.0. The van der Waals surface area contributed by atoms with Crippen molar-refractivity contribution in [3.8, 4) is 0 Å². The van der Waals surface area contributed by atoms with Crippen molar-refractivity contribution in [3.05, 3.63) is 71.5 Å². The number of likely N-dealkylation sites (tertiary alicyclic amines) is 2. The third-order valence-electron chi connectivity index (χ3n) is 9.41. The summed E-state index contributed by atoms with van der Waals surface area (Å²) in [5.41, 5.74) is 2.14. The van der Waals surface area contributed by atoms with Gasteiger partial charge in [0.25, 0.3) is 0 Å². The van der Waals surface area contributed by atoms with Gasteiger partial charge < -0.3 is 19.6 Å². The molecular formula is C33H44FN3O4. The van der Waals surface area contributed by atoms with Crippen LogP contribution in [-0.4, -0.2) is 82.7 Å². The van der Waals surface area contributed by atoms with Crippen molar-refractivity contribution in [2.24, 2.45) is 5.92 Å². The van der Waals surface area contributed by atoms with Crippen LogP contribution in [0.25, 0.3) is 0 Å². The number of rotatable bonds is 10. The van der Waals surface area contributed by atoms with Crippen molar-refractivity contribution in [2.75, 3.05) is 32.7 Å². The fourth-order valence-corrected chi connectivity index (χ4v) is 7.39. The number of carboxylic acid groups (broad SMARTS) is 1. The smallest absolute Gasteiger partial charge is 0.410 e. The van der Waals surface area contributed by atoms with Crippen LogP contribution >= 0.6 is 0 Å². The lowest BCUT2D eigenvalue weighted by Crippen LogP contribution is -2.48. The second kappa shape index (κ2) is 13.8. The van der Waals surface area contributed by atoms with E-state index in [-0.39, 0.29) is 30.6 Å². The summed E-state index contributed by atoms with van der Waals surface area (Å²) >= 11 is 0. The van der Waals surface area contributed by atoms with Gasteiger partial charge in [-0.2, -0.15) is 0 Å². The van der Waals surface area contributed by atoms with Gasteiger partial charge >= 0.3 is 12.1 Å². The van der Waals surface area contributed by atoms with Crippen LogP contribution in [-0.2, 0) is 16.1 Å². The normalized spacial score (nSPS) is 25.8. The molecule has 1 aliphatic carbocycles. The van der Waals surface area contributed by atoms with Gasteiger partial charge in [0.15, 0.2) is 0 Å². The van der Waals surface area contributed by atoms with Crippen LogP contribution in [0.4, 0.5) is 9.18 Å². The van der Waals surface area contributed by atoms with Crippen molar-refractivity contribution in [2.45, 2.75) is 82.5 Å². The van der Waals surface area contributed by atoms with Crippen molar-refractivity contribution in [3.63, 3.8) is 0 Å². The van der Waals surface area contributed by atoms with Crippen LogP contribution < -0.4 is 0 Å². The highest BCUT2D eigenvalue weighted by Crippen LogP contribution is 2.44. The van der Waals surface area contributed by atoms with E-state index in [4.69, 9.17) is 4.74 Å². The molecule has 0 aromatic heterocycles. The zero-order chi connectivity index (χ0) is 28.8. The molecular weight excluding hydrogens is 521 g/mol. The van der Waals surface area contributed by atoms with Crippen molar-refractivity contribution >= 4 is 12.1 Å². The van der Waals surface area contributed by atoms with E-state index in [0.29, 0.717) is 24.4 Å². The Morgan fingerprint density at radius 2 is 1.73 bits per heavy atom. The minimum Gasteiger partial charge on any atom is -0.480 e. The second-order valence-electron chi connectivity index (χ2n) is 12.0. The minimum atomic E-state index is -0.683. The number of ether oxygens (including phenoxy) is 1. The fraction of sp³-hybridized carbons (Fsp3) is 0.576. The van der Waals surface area contributed by atoms with Crippen LogP contribution in [0.3, 0.4) is 0 Å². The van der Waals surface area contributed by atoms with Gasteiger partial charge in [-0.15, -0.1) is 0 Å². The quantitative estimate of drug-likeness (QED) is 0.396. The molecule has 0 radical (unpaired) electrons. The largest absolute Gasteiger partial charge is 0.480 e. The number of carbonyl (C=O) groups is 2. The van der Waals surface area contributed by atoms with E-state index in [0.717, 1.165) is 76.7 Å². The molecule has 8 heteroatoms. The number of hydrogen-bond donors (Lipinski definition) is 1. The summed E-state index contributed by atoms with van der Waals surface area (Å²) in [6.07, 6.45) is 6.14. The third kappa shape index (κ3) is 7.28. The molecule has 0 bridgehead atoms. The van der Waals surface area contributed by atoms with Gasteiger partial charge in [-0.3, -0.25) is 9.69 Å². The average molecular weight is 566 g/mol. The molecule has 3 fully saturated rings. The minimum absolute atomic E-state index is 0.141. The van der Waals surface area contributed by atoms with E-state index in [1.807, 2.05) is 4.90 Å². The molecule has 1 N–H and O–H groups in total. The highest BCUT2D eigenvalue weighted by atomic mass is 19.1. The molecule has 2 aromatic rings. The van der Waals surface area contributed by atoms with Crippen LogP contribution in [0.5, 0.6) is 0 Å². The lowest BCUT2D eigenvalue weighted by molar-refractivity contribution is -0.142. The fourth-order valence-electron chi connectivity index (χ4n) is 7.39. The lowest BCUT2D eigenvalue weighted by Gasteiger charge is -2.39. The summed E-state index contributed by atoms with van der Waals surface area (Å²) < 4.78 is 18.8. The third-order valence-corrected chi connectivity index (χ3v) is 9.41. The van der Waals surface area contributed by atoms with E-state index in [9.17, 15) is 19.1 Å². The first-order chi connectivity index (χ1) is 19.9. The van der Waals surface area contributed by atoms with Gasteiger partial charge in [0.1, 0.15) is 18.5 Å². The maximum atomic E-state index is 13.2. The summed E-state index contributed by atoms with van der Waals surface area (Å²) in [4.78, 5) is 31.7. The van der Waals surface area contributed by atoms with Crippen LogP contribution in [0.15, 0.2) is 54.6 Å². The Kier molecular flexibility index (Phi) is 9.93. The topological polar surface area (TPSA) is 73.3 Å². The first-order valence-corrected chi connectivity index (χ1v) is 15.4. The number of aliphatic carboxylic acids is 1. The SMILES string of the molecule is CCCN(C(=O)OCc1ccc(F)cc1)C1CCN(CC2CC(N3CCCC3C(=O)O)CC2c2ccccc2)CC1. The molecule has 4 atom stereocenters. The van der Waals surface area contributed by atoms with E-state index >= 15 is 0 Å². The Labute approximate surface area is 243 Å². The van der Waals surface area contributed by atoms with Gasteiger partial charge in [0.05, 0.1) is 0 Å². The first-order valence-electron chi connectivity index (χ1n) is 15.4. The van der Waals surface area contributed by atoms with Crippen LogP contribution in [0.2, 0.25) is 0 Å². The molecule has 7 nitrogen and oxygen atoms in total. The molecule has 2 heterocycles. The molecule has 2 saturated heterocycles. The Bertz CT molecular complexity index is 1140. The number of nitrogens with zero attached hydrogens (tertiary/aromatic N) is 3. The zero-order valence-corrected chi connectivity index (χ0v) is 24.2. The molecule has 41 heavy (non-hydrogen) atoms. The molecule has 5 rings (SSSR count). The van der Waals surface area contributed by atoms with Crippen LogP contribution in [0, 0.1) is 11.7 Å². The molecule has 3 aliphatic rings. The van der Waals surface area contributed by atoms with Crippen molar-refractivity contribution in [1.29, 1.82) is 0 Å². The number of amides is 1. The first kappa shape index (κ1) is 29.5. The molecule has 2 aromatic carbocycles. The van der Waals surface area contributed by atoms with Crippen molar-refractivity contribution in [1.82, 2.24) is 14.7 Å². The monoisotopic (exact) mass is 565 g/mol. The standard InChI is InChI=1S/C33H44FN3O4/c1-2-16-37(33(40)41-23-24-10-12-27(34)13-11-24)28-14-18-35(19-15-28)22-26-20-29(36-17-6-9-31(36)32(38)39)21-30(26)25-7-4-3-5-8-25/h3-5,7-8,10-13,26,28-31H,2,6,9,14-23H2,1H3,(H,38,39). The number of carboxylic acids is 1. The Hall–Kier alpha value is -2.97. The summed E-state index contributed by atoms with van der Waals surface area (Å²) in [5.74, 6) is -0.0892. The highest BCUT2D eigenvalue weighted by molar-refractivity contribution is 5.73. The molecule has 1 amide bonds. The zero-order valence-electron chi connectivity index (χ0n) is 24.2. The Morgan fingerprint density at radius 3 is 2.41 bits per heavy atom. The summed E-state index contributed by atoms with van der Waals surface area (Å²) in [5, 5.41) is 9.80. The maximum absolute atomic E-state index is 13.2. The molecule has 0 spiro atoms. The molecule has 4 unspecified atom stereocenters. The molecule has 222 valence electrons. The number of piperidine rings is 1. The van der Waals surface area contributed by atoms with E-state index in [1.54, 1.807) is 12.1 Å². The Balaban J connectivity index is 1.18. The van der Waals surface area contributed by atoms with Gasteiger partial charge in [-0.25, -0.2) is 9.18 Å². The maximum Gasteiger partial charge on any atom is 0.410 e. The summed E-state index contributed by atoms with van der Waals surface area (Å²) in [6, 6.07) is 16.9. The summed E-state index contributed by atoms with van der Waals surface area (Å²) in [6.45, 7) is 6.61. The van der Waals surface area contributed by atoms with Crippen molar-refractivity contribution < 1.29 is 23.8 Å². The van der Waals surface area contributed by atoms with Gasteiger partial charge in [0.2, 0.25) is 0 Å². The number of hydrogen-bond acceptors (Lipinski definition) is 5. The van der Waals surface area contributed by atoms with Gasteiger partial charge in [-0.05, 0) is 86.6 Å². The molecule has 2 aliphatic heterocycles. The van der Waals surface area contributed by atoms with Crippen LogP contribution in [0.1, 0.15) is 68.9 Å². The Morgan fingerprint density at radius 1 is 1.00 bits per heavy atom. The van der Waals surface area contributed by atoms with Gasteiger partial charge in [-0.1, -0.05) is 49.4 Å². The van der Waals surface area contributed by atoms with E-state index < -0.39 is 5.97 Å². The number of benzene rings is 2. The number of halogens is 1. The predicted octanol–water partition coefficient (Wildman–Crippen LogP) is 5.75. The average Bonchev–Trinajstić information content (AvgIpc) is 3.64. The highest BCUT2D eigenvalue weighted by Gasteiger charge is 2.44. The van der Waals surface area contributed by atoms with E-state index in [2.05, 4.69) is 47.1 Å².